The minimum atomic E-state index is -3.74. The Bertz CT molecular complexity index is 1100. The summed E-state index contributed by atoms with van der Waals surface area (Å²) in [5, 5.41) is 0. The van der Waals surface area contributed by atoms with Crippen LogP contribution in [0.25, 0.3) is 0 Å². The lowest BCUT2D eigenvalue weighted by atomic mass is 10.1. The highest BCUT2D eigenvalue weighted by molar-refractivity contribution is 7.90. The third kappa shape index (κ3) is 5.00. The minimum absolute atomic E-state index is 0.0130. The third-order valence-corrected chi connectivity index (χ3v) is 8.36. The van der Waals surface area contributed by atoms with Gasteiger partial charge in [-0.05, 0) is 73.7 Å². The molecule has 1 unspecified atom stereocenters. The number of benzene rings is 2. The molecular formula is C20H24FN3O4S2. The van der Waals surface area contributed by atoms with Crippen LogP contribution < -0.4 is 14.3 Å². The fraction of sp³-hybridized carbons (Fsp3) is 0.400. The Morgan fingerprint density at radius 3 is 2.07 bits per heavy atom. The molecule has 2 aromatic rings. The fourth-order valence-corrected chi connectivity index (χ4v) is 5.90. The number of anilines is 1. The summed E-state index contributed by atoms with van der Waals surface area (Å²) in [4.78, 5) is 2.19. The second-order valence-electron chi connectivity index (χ2n) is 7.80. The van der Waals surface area contributed by atoms with Crippen LogP contribution in [0.1, 0.15) is 19.3 Å². The van der Waals surface area contributed by atoms with Gasteiger partial charge in [0, 0.05) is 31.4 Å². The lowest BCUT2D eigenvalue weighted by molar-refractivity contribution is 0.541. The van der Waals surface area contributed by atoms with Gasteiger partial charge in [-0.2, -0.15) is 0 Å². The summed E-state index contributed by atoms with van der Waals surface area (Å²) in [6, 6.07) is 11.5. The van der Waals surface area contributed by atoms with Crippen molar-refractivity contribution < 1.29 is 21.2 Å². The van der Waals surface area contributed by atoms with Crippen LogP contribution >= 0.6 is 0 Å². The lowest BCUT2D eigenvalue weighted by Crippen LogP contribution is -2.31. The van der Waals surface area contributed by atoms with E-state index in [1.165, 1.54) is 36.4 Å². The zero-order valence-corrected chi connectivity index (χ0v) is 17.9. The molecule has 30 heavy (non-hydrogen) atoms. The van der Waals surface area contributed by atoms with E-state index in [0.717, 1.165) is 31.5 Å². The van der Waals surface area contributed by atoms with Crippen LogP contribution in [0.5, 0.6) is 0 Å². The average Bonchev–Trinajstić information content (AvgIpc) is 3.39. The van der Waals surface area contributed by atoms with Crippen LogP contribution in [0.3, 0.4) is 0 Å². The molecule has 2 aliphatic rings. The van der Waals surface area contributed by atoms with Crippen LogP contribution in [0.4, 0.5) is 10.1 Å². The average molecular weight is 454 g/mol. The molecule has 1 atom stereocenters. The van der Waals surface area contributed by atoms with E-state index in [1.54, 1.807) is 12.1 Å². The Kier molecular flexibility index (Phi) is 5.84. The highest BCUT2D eigenvalue weighted by atomic mass is 32.2. The van der Waals surface area contributed by atoms with E-state index in [4.69, 9.17) is 0 Å². The molecule has 10 heteroatoms. The Hall–Kier alpha value is -2.01. The van der Waals surface area contributed by atoms with Crippen molar-refractivity contribution in [1.82, 2.24) is 9.44 Å². The monoisotopic (exact) mass is 453 g/mol. The van der Waals surface area contributed by atoms with Crippen LogP contribution in [0.2, 0.25) is 0 Å². The smallest absolute Gasteiger partial charge is 0.240 e. The molecular weight excluding hydrogens is 429 g/mol. The van der Waals surface area contributed by atoms with Crippen molar-refractivity contribution in [3.05, 3.63) is 54.3 Å². The molecule has 1 saturated carbocycles. The quantitative estimate of drug-likeness (QED) is 0.638. The first-order chi connectivity index (χ1) is 14.2. The molecule has 0 amide bonds. The van der Waals surface area contributed by atoms with Gasteiger partial charge in [0.2, 0.25) is 20.0 Å². The van der Waals surface area contributed by atoms with E-state index in [0.29, 0.717) is 6.54 Å². The number of rotatable bonds is 8. The van der Waals surface area contributed by atoms with Crippen LogP contribution in [0, 0.1) is 11.7 Å². The van der Waals surface area contributed by atoms with Gasteiger partial charge in [0.1, 0.15) is 5.82 Å². The SMILES string of the molecule is O=S(=O)(NCC1CCN(c2ccc(F)cc2)C1)c1ccc(S(=O)(=O)NC2CC2)cc1. The van der Waals surface area contributed by atoms with Gasteiger partial charge >= 0.3 is 0 Å². The van der Waals surface area contributed by atoms with E-state index >= 15 is 0 Å². The maximum Gasteiger partial charge on any atom is 0.240 e. The first-order valence-corrected chi connectivity index (χ1v) is 12.8. The van der Waals surface area contributed by atoms with Crippen molar-refractivity contribution in [2.24, 2.45) is 5.92 Å². The predicted octanol–water partition coefficient (Wildman–Crippen LogP) is 2.07. The van der Waals surface area contributed by atoms with Crippen molar-refractivity contribution in [1.29, 1.82) is 0 Å². The van der Waals surface area contributed by atoms with Crippen molar-refractivity contribution in [2.75, 3.05) is 24.5 Å². The van der Waals surface area contributed by atoms with Crippen molar-refractivity contribution in [3.63, 3.8) is 0 Å². The highest BCUT2D eigenvalue weighted by Crippen LogP contribution is 2.25. The Labute approximate surface area is 176 Å². The van der Waals surface area contributed by atoms with Crippen LogP contribution in [-0.4, -0.2) is 42.5 Å². The van der Waals surface area contributed by atoms with Gasteiger partial charge in [-0.3, -0.25) is 0 Å². The van der Waals surface area contributed by atoms with E-state index in [9.17, 15) is 21.2 Å². The molecule has 0 spiro atoms. The van der Waals surface area contributed by atoms with E-state index in [2.05, 4.69) is 14.3 Å². The standard InChI is InChI=1S/C20H24FN3O4S2/c21-16-1-5-18(6-2-16)24-12-11-15(14-24)13-22-29(25,26)19-7-9-20(10-8-19)30(27,28)23-17-3-4-17/h1-2,5-10,15,17,22-23H,3-4,11-14H2. The molecule has 2 fully saturated rings. The third-order valence-electron chi connectivity index (χ3n) is 5.38. The van der Waals surface area contributed by atoms with Gasteiger partial charge in [0.05, 0.1) is 9.79 Å². The molecule has 1 heterocycles. The summed E-state index contributed by atoms with van der Waals surface area (Å²) in [6.45, 7) is 1.74. The van der Waals surface area contributed by atoms with Crippen molar-refractivity contribution in [2.45, 2.75) is 35.1 Å². The zero-order valence-electron chi connectivity index (χ0n) is 16.3. The van der Waals surface area contributed by atoms with Crippen LogP contribution in [-0.2, 0) is 20.0 Å². The second kappa shape index (κ2) is 8.26. The number of nitrogens with zero attached hydrogens (tertiary/aromatic N) is 1. The Balaban J connectivity index is 1.34. The van der Waals surface area contributed by atoms with E-state index in [-0.39, 0.29) is 34.1 Å². The largest absolute Gasteiger partial charge is 0.371 e. The summed E-state index contributed by atoms with van der Waals surface area (Å²) in [5.74, 6) is -0.156. The topological polar surface area (TPSA) is 95.6 Å². The highest BCUT2D eigenvalue weighted by Gasteiger charge is 2.28. The van der Waals surface area contributed by atoms with Crippen LogP contribution in [0.15, 0.2) is 58.3 Å². The molecule has 1 saturated heterocycles. The second-order valence-corrected chi connectivity index (χ2v) is 11.3. The van der Waals surface area contributed by atoms with Gasteiger partial charge in [0.15, 0.2) is 0 Å². The number of halogens is 1. The molecule has 0 aromatic heterocycles. The van der Waals surface area contributed by atoms with Gasteiger partial charge in [-0.15, -0.1) is 0 Å². The molecule has 2 aromatic carbocycles. The van der Waals surface area contributed by atoms with Crippen molar-refractivity contribution >= 4 is 25.7 Å². The predicted molar refractivity (Wildman–Crippen MR) is 112 cm³/mol. The molecule has 1 aliphatic heterocycles. The maximum atomic E-state index is 13.1. The molecule has 0 bridgehead atoms. The van der Waals surface area contributed by atoms with Gasteiger partial charge in [-0.1, -0.05) is 0 Å². The maximum absolute atomic E-state index is 13.1. The number of hydrogen-bond acceptors (Lipinski definition) is 5. The van der Waals surface area contributed by atoms with Gasteiger partial charge < -0.3 is 4.90 Å². The minimum Gasteiger partial charge on any atom is -0.371 e. The normalized spacial score (nSPS) is 19.9. The van der Waals surface area contributed by atoms with Crippen molar-refractivity contribution in [3.8, 4) is 0 Å². The fourth-order valence-electron chi connectivity index (χ4n) is 3.48. The summed E-state index contributed by atoms with van der Waals surface area (Å²) < 4.78 is 67.9. The summed E-state index contributed by atoms with van der Waals surface area (Å²) in [5.41, 5.74) is 0.915. The lowest BCUT2D eigenvalue weighted by Gasteiger charge is -2.19. The number of hydrogen-bond donors (Lipinski definition) is 2. The molecule has 7 nitrogen and oxygen atoms in total. The Morgan fingerprint density at radius 2 is 1.47 bits per heavy atom. The molecule has 2 N–H and O–H groups in total. The number of nitrogens with one attached hydrogen (secondary N) is 2. The first kappa shape index (κ1) is 21.2. The molecule has 0 radical (unpaired) electrons. The summed E-state index contributed by atoms with van der Waals surface area (Å²) >= 11 is 0. The molecule has 1 aliphatic carbocycles. The van der Waals surface area contributed by atoms with E-state index in [1.807, 2.05) is 0 Å². The summed E-state index contributed by atoms with van der Waals surface area (Å²) in [6.07, 6.45) is 2.48. The number of sulfonamides is 2. The Morgan fingerprint density at radius 1 is 0.867 bits per heavy atom. The van der Waals surface area contributed by atoms with Gasteiger partial charge in [0.25, 0.3) is 0 Å². The molecule has 162 valence electrons. The van der Waals surface area contributed by atoms with E-state index < -0.39 is 20.0 Å². The molecule has 4 rings (SSSR count). The summed E-state index contributed by atoms with van der Waals surface area (Å²) in [7, 11) is -7.36. The van der Waals surface area contributed by atoms with Gasteiger partial charge in [-0.25, -0.2) is 30.7 Å². The first-order valence-electron chi connectivity index (χ1n) is 9.85. The zero-order chi connectivity index (χ0) is 21.4.